The van der Waals surface area contributed by atoms with Crippen LogP contribution in [-0.4, -0.2) is 57.8 Å². The molecule has 0 spiro atoms. The predicted octanol–water partition coefficient (Wildman–Crippen LogP) is 2.74. The summed E-state index contributed by atoms with van der Waals surface area (Å²) in [5.41, 5.74) is 3.28. The van der Waals surface area contributed by atoms with Gasteiger partial charge >= 0.3 is 11.7 Å². The smallest absolute Gasteiger partial charge is 0.328 e. The van der Waals surface area contributed by atoms with Gasteiger partial charge in [-0.15, -0.1) is 0 Å². The van der Waals surface area contributed by atoms with Crippen molar-refractivity contribution < 1.29 is 9.47 Å². The minimum absolute atomic E-state index is 0.209. The molecule has 0 bridgehead atoms. The fraction of sp³-hybridized carbons (Fsp3) is 0.500. The Morgan fingerprint density at radius 1 is 1.13 bits per heavy atom. The van der Waals surface area contributed by atoms with E-state index in [1.165, 1.54) is 37.9 Å². The molecule has 1 fully saturated rings. The van der Waals surface area contributed by atoms with Gasteiger partial charge in [0.05, 0.1) is 19.3 Å². The number of fused-ring (bicyclic) bond motifs is 1. The van der Waals surface area contributed by atoms with Crippen LogP contribution in [0.3, 0.4) is 0 Å². The van der Waals surface area contributed by atoms with Gasteiger partial charge in [-0.05, 0) is 44.0 Å². The van der Waals surface area contributed by atoms with Crippen molar-refractivity contribution in [2.24, 2.45) is 0 Å². The van der Waals surface area contributed by atoms with E-state index in [0.717, 1.165) is 5.56 Å². The summed E-state index contributed by atoms with van der Waals surface area (Å²) in [6, 6.07) is 9.18. The van der Waals surface area contributed by atoms with Crippen molar-refractivity contribution in [2.75, 3.05) is 33.4 Å². The predicted molar refractivity (Wildman–Crippen MR) is 115 cm³/mol. The lowest BCUT2D eigenvalue weighted by atomic mass is 10.0. The average Bonchev–Trinajstić information content (AvgIpc) is 3.09. The van der Waals surface area contributed by atoms with E-state index in [4.69, 9.17) is 9.47 Å². The molecule has 3 aromatic rings. The van der Waals surface area contributed by atoms with Crippen molar-refractivity contribution >= 4 is 11.2 Å². The molecule has 1 N–H and O–H groups in total. The summed E-state index contributed by atoms with van der Waals surface area (Å²) in [4.78, 5) is 26.4. The van der Waals surface area contributed by atoms with Crippen molar-refractivity contribution in [2.45, 2.75) is 38.8 Å². The van der Waals surface area contributed by atoms with Crippen LogP contribution in [-0.2, 0) is 11.3 Å². The lowest BCUT2D eigenvalue weighted by Crippen LogP contribution is -2.32. The average molecular weight is 412 g/mol. The van der Waals surface area contributed by atoms with Crippen LogP contribution in [0.2, 0.25) is 0 Å². The van der Waals surface area contributed by atoms with Crippen LogP contribution >= 0.6 is 0 Å². The Morgan fingerprint density at radius 3 is 2.63 bits per heavy atom. The summed E-state index contributed by atoms with van der Waals surface area (Å²) in [5, 5.41) is 0. The molecule has 1 saturated heterocycles. The van der Waals surface area contributed by atoms with Crippen LogP contribution in [0.4, 0.5) is 0 Å². The Labute approximate surface area is 175 Å². The number of hydrogen-bond acceptors (Lipinski definition) is 6. The monoisotopic (exact) mass is 411 g/mol. The van der Waals surface area contributed by atoms with Gasteiger partial charge < -0.3 is 14.5 Å². The number of benzene rings is 1. The van der Waals surface area contributed by atoms with E-state index in [9.17, 15) is 4.79 Å². The fourth-order valence-corrected chi connectivity index (χ4v) is 3.96. The minimum Gasteiger partial charge on any atom is -0.461 e. The minimum atomic E-state index is -0.209. The molecule has 1 atom stereocenters. The van der Waals surface area contributed by atoms with Crippen molar-refractivity contribution in [3.63, 3.8) is 0 Å². The van der Waals surface area contributed by atoms with Gasteiger partial charge in [0.1, 0.15) is 12.1 Å². The van der Waals surface area contributed by atoms with Gasteiger partial charge in [-0.1, -0.05) is 30.7 Å². The van der Waals surface area contributed by atoms with Gasteiger partial charge in [0, 0.05) is 13.2 Å². The number of aromatic nitrogens is 4. The van der Waals surface area contributed by atoms with E-state index < -0.39 is 0 Å². The van der Waals surface area contributed by atoms with Gasteiger partial charge in [0.25, 0.3) is 0 Å². The maximum absolute atomic E-state index is 12.5. The summed E-state index contributed by atoms with van der Waals surface area (Å²) >= 11 is 0. The summed E-state index contributed by atoms with van der Waals surface area (Å²) in [7, 11) is 1.61. The Kier molecular flexibility index (Phi) is 6.44. The first-order valence-electron chi connectivity index (χ1n) is 10.6. The van der Waals surface area contributed by atoms with Crippen molar-refractivity contribution in [1.29, 1.82) is 0 Å². The molecule has 8 heteroatoms. The lowest BCUT2D eigenvalue weighted by Gasteiger charge is -2.32. The highest BCUT2D eigenvalue weighted by Crippen LogP contribution is 2.24. The summed E-state index contributed by atoms with van der Waals surface area (Å²) < 4.78 is 12.1. The van der Waals surface area contributed by atoms with Crippen LogP contribution in [0.5, 0.6) is 6.01 Å². The highest BCUT2D eigenvalue weighted by Gasteiger charge is 2.18. The first-order valence-corrected chi connectivity index (χ1v) is 10.6. The van der Waals surface area contributed by atoms with Crippen LogP contribution in [0, 0.1) is 0 Å². The molecule has 3 heterocycles. The van der Waals surface area contributed by atoms with E-state index in [1.807, 2.05) is 0 Å². The molecule has 2 aromatic heterocycles. The molecule has 0 radical (unpaired) electrons. The second-order valence-electron chi connectivity index (χ2n) is 7.76. The molecule has 1 aliphatic heterocycles. The second-order valence-corrected chi connectivity index (χ2v) is 7.76. The Balaban J connectivity index is 1.51. The number of H-pyrrole nitrogens is 1. The number of imidazole rings is 1. The number of aromatic amines is 1. The van der Waals surface area contributed by atoms with E-state index in [-0.39, 0.29) is 11.7 Å². The summed E-state index contributed by atoms with van der Waals surface area (Å²) in [6.07, 6.45) is 5.48. The van der Waals surface area contributed by atoms with Crippen molar-refractivity contribution in [1.82, 2.24) is 24.4 Å². The zero-order chi connectivity index (χ0) is 20.9. The van der Waals surface area contributed by atoms with Crippen molar-refractivity contribution in [3.8, 4) is 6.01 Å². The third-order valence-electron chi connectivity index (χ3n) is 5.75. The highest BCUT2D eigenvalue weighted by atomic mass is 16.5. The number of methoxy groups -OCH3 is 1. The molecule has 1 aromatic carbocycles. The van der Waals surface area contributed by atoms with Crippen LogP contribution in [0.1, 0.15) is 43.4 Å². The molecular formula is C22H29N5O3. The van der Waals surface area contributed by atoms with Gasteiger partial charge in [-0.3, -0.25) is 9.47 Å². The number of hydrogen-bond donors (Lipinski definition) is 1. The maximum Gasteiger partial charge on any atom is 0.328 e. The number of rotatable bonds is 8. The van der Waals surface area contributed by atoms with Gasteiger partial charge in [-0.2, -0.15) is 4.98 Å². The van der Waals surface area contributed by atoms with Gasteiger partial charge in [0.15, 0.2) is 5.65 Å². The first kappa shape index (κ1) is 20.6. The molecule has 1 unspecified atom stereocenters. The fourth-order valence-electron chi connectivity index (χ4n) is 3.96. The summed E-state index contributed by atoms with van der Waals surface area (Å²) in [6.45, 7) is 5.85. The molecule has 8 nitrogen and oxygen atoms in total. The number of likely N-dealkylation sites (tertiary alicyclic amines) is 1. The normalized spacial score (nSPS) is 16.1. The molecule has 1 aliphatic rings. The third-order valence-corrected chi connectivity index (χ3v) is 5.75. The molecule has 160 valence electrons. The molecular weight excluding hydrogens is 382 g/mol. The maximum atomic E-state index is 12.5. The van der Waals surface area contributed by atoms with Gasteiger partial charge in [0.2, 0.25) is 0 Å². The second kappa shape index (κ2) is 9.40. The third kappa shape index (κ3) is 4.55. The molecule has 4 rings (SSSR count). The summed E-state index contributed by atoms with van der Waals surface area (Å²) in [5.74, 6) is 0. The van der Waals surface area contributed by atoms with E-state index in [0.29, 0.717) is 37.0 Å². The first-order chi connectivity index (χ1) is 14.7. The van der Waals surface area contributed by atoms with Gasteiger partial charge in [-0.25, -0.2) is 9.78 Å². The highest BCUT2D eigenvalue weighted by molar-refractivity contribution is 5.69. The number of nitrogens with one attached hydrogen (secondary N) is 1. The SMILES string of the molecule is COCCOc1ncc2[nH]c(=O)n(Cc3ccc(C(C)N4CCCCC4)cc3)c2n1. The number of ether oxygens (including phenoxy) is 2. The lowest BCUT2D eigenvalue weighted by molar-refractivity contribution is 0.141. The van der Waals surface area contributed by atoms with Crippen LogP contribution < -0.4 is 10.4 Å². The Bertz CT molecular complexity index is 1020. The topological polar surface area (TPSA) is 85.3 Å². The number of piperidine rings is 1. The Morgan fingerprint density at radius 2 is 1.90 bits per heavy atom. The largest absolute Gasteiger partial charge is 0.461 e. The van der Waals surface area contributed by atoms with E-state index in [1.54, 1.807) is 17.9 Å². The van der Waals surface area contributed by atoms with E-state index in [2.05, 4.69) is 51.0 Å². The Hall–Kier alpha value is -2.71. The molecule has 0 saturated carbocycles. The number of nitrogens with zero attached hydrogens (tertiary/aromatic N) is 4. The zero-order valence-electron chi connectivity index (χ0n) is 17.6. The molecule has 0 aliphatic carbocycles. The molecule has 0 amide bonds. The van der Waals surface area contributed by atoms with E-state index >= 15 is 0 Å². The quantitative estimate of drug-likeness (QED) is 0.574. The van der Waals surface area contributed by atoms with Crippen molar-refractivity contribution in [3.05, 3.63) is 52.1 Å². The zero-order valence-corrected chi connectivity index (χ0v) is 17.6. The van der Waals surface area contributed by atoms with Crippen LogP contribution in [0.15, 0.2) is 35.3 Å². The molecule has 30 heavy (non-hydrogen) atoms. The standard InChI is InChI=1S/C22H29N5O3/c1-16(26-10-4-3-5-11-26)18-8-6-17(7-9-18)15-27-20-19(24-22(27)28)14-23-21(25-20)30-13-12-29-2/h6-9,14,16H,3-5,10-13,15H2,1-2H3,(H,24,28). The van der Waals surface area contributed by atoms with Crippen LogP contribution in [0.25, 0.3) is 11.2 Å².